The summed E-state index contributed by atoms with van der Waals surface area (Å²) in [6.45, 7) is 1.27. The van der Waals surface area contributed by atoms with E-state index in [1.807, 2.05) is 0 Å². The van der Waals surface area contributed by atoms with E-state index >= 15 is 0 Å². The number of carbonyl (C=O) groups is 1. The number of hydrogen-bond donors (Lipinski definition) is 2. The number of primary amides is 1. The molecule has 1 aliphatic heterocycles. The third-order valence-electron chi connectivity index (χ3n) is 3.60. The highest BCUT2D eigenvalue weighted by atomic mass is 16.5. The fourth-order valence-electron chi connectivity index (χ4n) is 2.59. The summed E-state index contributed by atoms with van der Waals surface area (Å²) in [5, 5.41) is 0.503. The number of H-pyrrole nitrogens is 1. The van der Waals surface area contributed by atoms with Gasteiger partial charge in [0.2, 0.25) is 0 Å². The van der Waals surface area contributed by atoms with Crippen molar-refractivity contribution in [2.75, 3.05) is 13.2 Å². The number of ether oxygens (including phenoxy) is 1. The summed E-state index contributed by atoms with van der Waals surface area (Å²) in [6.07, 6.45) is 4.76. The van der Waals surface area contributed by atoms with Crippen molar-refractivity contribution in [3.05, 3.63) is 34.4 Å². The van der Waals surface area contributed by atoms with Crippen LogP contribution in [-0.2, 0) is 4.74 Å². The van der Waals surface area contributed by atoms with Gasteiger partial charge in [-0.05, 0) is 18.9 Å². The second kappa shape index (κ2) is 4.55. The quantitative estimate of drug-likeness (QED) is 0.837. The molecule has 0 spiro atoms. The van der Waals surface area contributed by atoms with E-state index in [1.54, 1.807) is 23.0 Å². The van der Waals surface area contributed by atoms with Gasteiger partial charge in [0.15, 0.2) is 0 Å². The molecule has 1 saturated heterocycles. The highest BCUT2D eigenvalue weighted by Crippen LogP contribution is 2.22. The van der Waals surface area contributed by atoms with Gasteiger partial charge in [-0.3, -0.25) is 9.59 Å². The number of nitrogens with zero attached hydrogens (tertiary/aromatic N) is 1. The van der Waals surface area contributed by atoms with Gasteiger partial charge in [0.05, 0.1) is 16.5 Å². The van der Waals surface area contributed by atoms with Crippen LogP contribution in [-0.4, -0.2) is 28.7 Å². The molecule has 6 nitrogen and oxygen atoms in total. The maximum atomic E-state index is 12.4. The molecule has 100 valence electrons. The number of carbonyl (C=O) groups excluding carboxylic acids is 1. The third kappa shape index (κ3) is 1.94. The molecule has 0 bridgehead atoms. The number of amides is 1. The summed E-state index contributed by atoms with van der Waals surface area (Å²) in [6, 6.07) is 1.75. The molecule has 0 saturated carbocycles. The Morgan fingerprint density at radius 2 is 2.16 bits per heavy atom. The van der Waals surface area contributed by atoms with Crippen molar-refractivity contribution in [1.82, 2.24) is 9.55 Å². The topological polar surface area (TPSA) is 90.1 Å². The molecule has 1 aliphatic rings. The minimum Gasteiger partial charge on any atom is -0.381 e. The zero-order valence-corrected chi connectivity index (χ0v) is 10.4. The summed E-state index contributed by atoms with van der Waals surface area (Å²) in [4.78, 5) is 26.8. The fourth-order valence-corrected chi connectivity index (χ4v) is 2.59. The Bertz CT molecular complexity index is 680. The molecule has 3 rings (SSSR count). The van der Waals surface area contributed by atoms with E-state index in [9.17, 15) is 9.59 Å². The van der Waals surface area contributed by atoms with Gasteiger partial charge in [0.1, 0.15) is 0 Å². The van der Waals surface area contributed by atoms with Crippen LogP contribution in [0.2, 0.25) is 0 Å². The molecule has 19 heavy (non-hydrogen) atoms. The van der Waals surface area contributed by atoms with Crippen molar-refractivity contribution < 1.29 is 9.53 Å². The standard InChI is InChI=1S/C13H15N3O3/c14-12(17)10-7-16(8-2-5-19-6-3-8)13(18)9-1-4-15-11(9)10/h1,4,7-8,15H,2-3,5-6H2,(H2,14,17). The SMILES string of the molecule is NC(=O)c1cn(C2CCOCC2)c(=O)c2cc[nH]c12. The molecule has 2 aromatic heterocycles. The van der Waals surface area contributed by atoms with Crippen LogP contribution in [0.15, 0.2) is 23.3 Å². The van der Waals surface area contributed by atoms with Gasteiger partial charge < -0.3 is 20.0 Å². The second-order valence-electron chi connectivity index (χ2n) is 4.73. The number of aromatic nitrogens is 2. The van der Waals surface area contributed by atoms with E-state index in [1.165, 1.54) is 0 Å². The summed E-state index contributed by atoms with van der Waals surface area (Å²) in [7, 11) is 0. The van der Waals surface area contributed by atoms with Crippen molar-refractivity contribution in [1.29, 1.82) is 0 Å². The summed E-state index contributed by atoms with van der Waals surface area (Å²) >= 11 is 0. The van der Waals surface area contributed by atoms with Crippen LogP contribution in [0.3, 0.4) is 0 Å². The normalized spacial score (nSPS) is 16.8. The zero-order valence-electron chi connectivity index (χ0n) is 10.4. The Kier molecular flexibility index (Phi) is 2.87. The van der Waals surface area contributed by atoms with Gasteiger partial charge in [-0.15, -0.1) is 0 Å². The molecular weight excluding hydrogens is 246 g/mol. The van der Waals surface area contributed by atoms with Crippen molar-refractivity contribution in [3.63, 3.8) is 0 Å². The van der Waals surface area contributed by atoms with Crippen molar-refractivity contribution in [2.45, 2.75) is 18.9 Å². The Morgan fingerprint density at radius 3 is 2.84 bits per heavy atom. The molecule has 0 aliphatic carbocycles. The lowest BCUT2D eigenvalue weighted by atomic mass is 10.1. The van der Waals surface area contributed by atoms with E-state index < -0.39 is 5.91 Å². The Balaban J connectivity index is 2.21. The van der Waals surface area contributed by atoms with Crippen molar-refractivity contribution >= 4 is 16.8 Å². The minimum absolute atomic E-state index is 0.0682. The lowest BCUT2D eigenvalue weighted by molar-refractivity contribution is 0.0687. The number of hydrogen-bond acceptors (Lipinski definition) is 3. The number of pyridine rings is 1. The molecule has 6 heteroatoms. The Labute approximate surface area is 109 Å². The summed E-state index contributed by atoms with van der Waals surface area (Å²) in [5.41, 5.74) is 6.17. The lowest BCUT2D eigenvalue weighted by Gasteiger charge is -2.24. The third-order valence-corrected chi connectivity index (χ3v) is 3.60. The molecule has 1 fully saturated rings. The van der Waals surface area contributed by atoms with Crippen LogP contribution in [0.5, 0.6) is 0 Å². The van der Waals surface area contributed by atoms with Gasteiger partial charge in [-0.2, -0.15) is 0 Å². The summed E-state index contributed by atoms with van der Waals surface area (Å²) in [5.74, 6) is -0.534. The Morgan fingerprint density at radius 1 is 1.42 bits per heavy atom. The van der Waals surface area contributed by atoms with Crippen LogP contribution in [0.25, 0.3) is 10.9 Å². The lowest BCUT2D eigenvalue weighted by Crippen LogP contribution is -2.30. The molecule has 0 atom stereocenters. The maximum absolute atomic E-state index is 12.4. The van der Waals surface area contributed by atoms with Crippen molar-refractivity contribution in [2.24, 2.45) is 5.73 Å². The molecule has 3 N–H and O–H groups in total. The first-order valence-corrected chi connectivity index (χ1v) is 6.28. The van der Waals surface area contributed by atoms with Gasteiger partial charge in [-0.1, -0.05) is 0 Å². The number of nitrogens with two attached hydrogens (primary N) is 1. The molecule has 2 aromatic rings. The predicted molar refractivity (Wildman–Crippen MR) is 70.2 cm³/mol. The monoisotopic (exact) mass is 261 g/mol. The first-order valence-electron chi connectivity index (χ1n) is 6.28. The van der Waals surface area contributed by atoms with Gasteiger partial charge in [0, 0.05) is 31.6 Å². The molecule has 0 aromatic carbocycles. The predicted octanol–water partition coefficient (Wildman–Crippen LogP) is 0.780. The van der Waals surface area contributed by atoms with Crippen LogP contribution < -0.4 is 11.3 Å². The van der Waals surface area contributed by atoms with Crippen LogP contribution in [0.1, 0.15) is 29.2 Å². The molecule has 0 unspecified atom stereocenters. The second-order valence-corrected chi connectivity index (χ2v) is 4.73. The minimum atomic E-state index is -0.534. The Hall–Kier alpha value is -2.08. The number of fused-ring (bicyclic) bond motifs is 1. The molecule has 3 heterocycles. The van der Waals surface area contributed by atoms with Gasteiger partial charge >= 0.3 is 0 Å². The first kappa shape index (κ1) is 12.0. The number of aromatic amines is 1. The van der Waals surface area contributed by atoms with Gasteiger partial charge in [-0.25, -0.2) is 0 Å². The maximum Gasteiger partial charge on any atom is 0.260 e. The molecule has 1 amide bonds. The van der Waals surface area contributed by atoms with E-state index in [-0.39, 0.29) is 11.6 Å². The number of rotatable bonds is 2. The van der Waals surface area contributed by atoms with Crippen LogP contribution in [0, 0.1) is 0 Å². The van der Waals surface area contributed by atoms with Crippen molar-refractivity contribution in [3.8, 4) is 0 Å². The smallest absolute Gasteiger partial charge is 0.260 e. The van der Waals surface area contributed by atoms with E-state index in [0.29, 0.717) is 29.7 Å². The number of nitrogens with one attached hydrogen (secondary N) is 1. The highest BCUT2D eigenvalue weighted by molar-refractivity contribution is 6.04. The van der Waals surface area contributed by atoms with Crippen LogP contribution >= 0.6 is 0 Å². The molecular formula is C13H15N3O3. The first-order chi connectivity index (χ1) is 9.18. The van der Waals surface area contributed by atoms with E-state index in [0.717, 1.165) is 12.8 Å². The average Bonchev–Trinajstić information content (AvgIpc) is 2.89. The largest absolute Gasteiger partial charge is 0.381 e. The van der Waals surface area contributed by atoms with Crippen LogP contribution in [0.4, 0.5) is 0 Å². The molecule has 0 radical (unpaired) electrons. The average molecular weight is 261 g/mol. The van der Waals surface area contributed by atoms with Gasteiger partial charge in [0.25, 0.3) is 11.5 Å². The highest BCUT2D eigenvalue weighted by Gasteiger charge is 2.20. The zero-order chi connectivity index (χ0) is 13.4. The van der Waals surface area contributed by atoms with E-state index in [2.05, 4.69) is 4.98 Å². The summed E-state index contributed by atoms with van der Waals surface area (Å²) < 4.78 is 6.92. The fraction of sp³-hybridized carbons (Fsp3) is 0.385. The van der Waals surface area contributed by atoms with E-state index in [4.69, 9.17) is 10.5 Å².